The number of nitrogens with zero attached hydrogens (tertiary/aromatic N) is 2. The molecular formula is C28H20BrN3O6S2. The third kappa shape index (κ3) is 4.65. The fourth-order valence-corrected chi connectivity index (χ4v) is 7.95. The second-order valence-electron chi connectivity index (χ2n) is 9.50. The van der Waals surface area contributed by atoms with E-state index in [4.69, 9.17) is 4.74 Å². The van der Waals surface area contributed by atoms with E-state index in [0.29, 0.717) is 26.9 Å². The van der Waals surface area contributed by atoms with Gasteiger partial charge in [0.05, 0.1) is 21.6 Å². The molecule has 0 bridgehead atoms. The molecule has 0 aliphatic carbocycles. The third-order valence-corrected chi connectivity index (χ3v) is 9.85. The van der Waals surface area contributed by atoms with Crippen LogP contribution in [0, 0.1) is 23.0 Å². The lowest BCUT2D eigenvalue weighted by Crippen LogP contribution is -2.32. The number of nitrogens with one attached hydrogen (secondary N) is 1. The fourth-order valence-electron chi connectivity index (χ4n) is 5.18. The summed E-state index contributed by atoms with van der Waals surface area (Å²) >= 11 is 5.46. The summed E-state index contributed by atoms with van der Waals surface area (Å²) in [6, 6.07) is 18.9. The normalized spacial score (nSPS) is 19.9. The van der Waals surface area contributed by atoms with E-state index < -0.39 is 33.8 Å². The van der Waals surface area contributed by atoms with Crippen molar-refractivity contribution in [3.8, 4) is 5.75 Å². The minimum atomic E-state index is -0.900. The monoisotopic (exact) mass is 637 g/mol. The number of aryl methyl sites for hydroxylation is 1. The maximum atomic E-state index is 14.0. The molecule has 3 aromatic carbocycles. The number of fused-ring (bicyclic) bond motifs is 2. The SMILES string of the molecule is Cc1cccc(COc2ccc([N+](=O)[O-])cc2[C@@H]2c3sc(=O)[nH]c3S[C@H]3C(=O)N(c4ccc(Br)cc4)C(=O)[C@@H]23)c1. The molecule has 6 rings (SSSR count). The highest BCUT2D eigenvalue weighted by Gasteiger charge is 2.57. The van der Waals surface area contributed by atoms with Crippen molar-refractivity contribution in [2.75, 3.05) is 4.90 Å². The average Bonchev–Trinajstić information content (AvgIpc) is 3.42. The number of aromatic amines is 1. The van der Waals surface area contributed by atoms with Crippen LogP contribution in [0.1, 0.15) is 27.5 Å². The van der Waals surface area contributed by atoms with Crippen molar-refractivity contribution in [1.29, 1.82) is 0 Å². The Morgan fingerprint density at radius 1 is 1.05 bits per heavy atom. The second kappa shape index (κ2) is 10.3. The Kier molecular flexibility index (Phi) is 6.85. The largest absolute Gasteiger partial charge is 0.489 e. The Balaban J connectivity index is 1.48. The second-order valence-corrected chi connectivity index (χ2v) is 12.6. The molecule has 4 aromatic rings. The van der Waals surface area contributed by atoms with Gasteiger partial charge in [0.2, 0.25) is 11.8 Å². The quantitative estimate of drug-likeness (QED) is 0.161. The zero-order valence-electron chi connectivity index (χ0n) is 20.8. The number of amides is 2. The smallest absolute Gasteiger partial charge is 0.305 e. The molecule has 1 N–H and O–H groups in total. The summed E-state index contributed by atoms with van der Waals surface area (Å²) in [5, 5.41) is 11.4. The average molecular weight is 639 g/mol. The minimum absolute atomic E-state index is 0.182. The molecule has 0 spiro atoms. The number of thiazole rings is 1. The number of benzene rings is 3. The van der Waals surface area contributed by atoms with Crippen LogP contribution >= 0.6 is 39.0 Å². The Morgan fingerprint density at radius 3 is 2.55 bits per heavy atom. The minimum Gasteiger partial charge on any atom is -0.489 e. The summed E-state index contributed by atoms with van der Waals surface area (Å²) in [4.78, 5) is 55.6. The van der Waals surface area contributed by atoms with Gasteiger partial charge in [-0.15, -0.1) is 0 Å². The Bertz CT molecular complexity index is 1730. The van der Waals surface area contributed by atoms with E-state index in [-0.39, 0.29) is 17.2 Å². The molecule has 3 heterocycles. The van der Waals surface area contributed by atoms with Gasteiger partial charge in [0, 0.05) is 33.0 Å². The molecule has 2 amide bonds. The van der Waals surface area contributed by atoms with E-state index in [1.807, 2.05) is 31.2 Å². The molecular weight excluding hydrogens is 618 g/mol. The molecule has 3 atom stereocenters. The first-order valence-electron chi connectivity index (χ1n) is 12.2. The van der Waals surface area contributed by atoms with Crippen molar-refractivity contribution < 1.29 is 19.2 Å². The number of non-ortho nitro benzene ring substituents is 1. The number of nitro benzene ring substituents is 1. The number of ether oxygens (including phenoxy) is 1. The number of carbonyl (C=O) groups excluding carboxylic acids is 2. The first-order chi connectivity index (χ1) is 19.2. The van der Waals surface area contributed by atoms with Gasteiger partial charge in [-0.25, -0.2) is 4.90 Å². The van der Waals surface area contributed by atoms with Crippen LogP contribution in [0.15, 0.2) is 81.0 Å². The van der Waals surface area contributed by atoms with Crippen LogP contribution in [0.2, 0.25) is 0 Å². The maximum Gasteiger partial charge on any atom is 0.305 e. The van der Waals surface area contributed by atoms with E-state index in [9.17, 15) is 24.5 Å². The number of halogens is 1. The van der Waals surface area contributed by atoms with Gasteiger partial charge in [0.15, 0.2) is 0 Å². The zero-order chi connectivity index (χ0) is 28.1. The van der Waals surface area contributed by atoms with Crippen LogP contribution in [0.5, 0.6) is 5.75 Å². The van der Waals surface area contributed by atoms with Crippen molar-refractivity contribution in [1.82, 2.24) is 4.98 Å². The molecule has 1 saturated heterocycles. The van der Waals surface area contributed by atoms with Crippen molar-refractivity contribution in [2.45, 2.75) is 29.7 Å². The Hall–Kier alpha value is -3.74. The summed E-state index contributed by atoms with van der Waals surface area (Å²) in [7, 11) is 0. The standard InChI is InChI=1S/C28H20BrN3O6S2/c1-14-3-2-4-15(11-14)13-38-20-10-9-18(32(36)37)12-19(20)21-22-24(39-25-23(21)40-28(35)30-25)27(34)31(26(22)33)17-7-5-16(29)6-8-17/h2-12,21-22,24H,13H2,1H3,(H,30,35)/t21-,22-,24+/m0/s1. The van der Waals surface area contributed by atoms with E-state index >= 15 is 0 Å². The Labute approximate surface area is 244 Å². The number of carbonyl (C=O) groups is 2. The van der Waals surface area contributed by atoms with Gasteiger partial charge in [0.1, 0.15) is 17.6 Å². The van der Waals surface area contributed by atoms with Crippen LogP contribution in [0.4, 0.5) is 11.4 Å². The maximum absolute atomic E-state index is 14.0. The van der Waals surface area contributed by atoms with Crippen LogP contribution < -0.4 is 14.5 Å². The number of H-pyrrole nitrogens is 1. The van der Waals surface area contributed by atoms with Gasteiger partial charge in [-0.3, -0.25) is 24.5 Å². The van der Waals surface area contributed by atoms with E-state index in [2.05, 4.69) is 20.9 Å². The third-order valence-electron chi connectivity index (χ3n) is 6.92. The molecule has 2 aliphatic rings. The van der Waals surface area contributed by atoms with Gasteiger partial charge < -0.3 is 9.72 Å². The first-order valence-corrected chi connectivity index (χ1v) is 14.7. The van der Waals surface area contributed by atoms with Crippen LogP contribution in [-0.4, -0.2) is 27.0 Å². The molecule has 12 heteroatoms. The van der Waals surface area contributed by atoms with Gasteiger partial charge in [0.25, 0.3) is 5.69 Å². The number of rotatable bonds is 6. The van der Waals surface area contributed by atoms with E-state index in [0.717, 1.165) is 38.7 Å². The van der Waals surface area contributed by atoms with Crippen LogP contribution in [-0.2, 0) is 16.2 Å². The lowest BCUT2D eigenvalue weighted by atomic mass is 9.82. The molecule has 1 fully saturated rings. The summed E-state index contributed by atoms with van der Waals surface area (Å²) in [5.74, 6) is -2.20. The van der Waals surface area contributed by atoms with Crippen LogP contribution in [0.3, 0.4) is 0 Å². The number of hydrogen-bond acceptors (Lipinski definition) is 8. The van der Waals surface area contributed by atoms with Crippen molar-refractivity contribution in [3.05, 3.63) is 113 Å². The summed E-state index contributed by atoms with van der Waals surface area (Å²) < 4.78 is 6.99. The molecule has 0 saturated carbocycles. The molecule has 40 heavy (non-hydrogen) atoms. The van der Waals surface area contributed by atoms with Gasteiger partial charge in [-0.05, 0) is 42.8 Å². The Morgan fingerprint density at radius 2 is 1.82 bits per heavy atom. The highest BCUT2D eigenvalue weighted by Crippen LogP contribution is 2.55. The van der Waals surface area contributed by atoms with Gasteiger partial charge in [-0.2, -0.15) is 0 Å². The fraction of sp³-hybridized carbons (Fsp3) is 0.179. The number of nitro groups is 1. The number of thioether (sulfide) groups is 1. The van der Waals surface area contributed by atoms with Gasteiger partial charge >= 0.3 is 4.87 Å². The van der Waals surface area contributed by atoms with Gasteiger partial charge in [-0.1, -0.05) is 68.9 Å². The number of hydrogen-bond donors (Lipinski definition) is 1. The number of anilines is 1. The lowest BCUT2D eigenvalue weighted by molar-refractivity contribution is -0.385. The number of imide groups is 1. The topological polar surface area (TPSA) is 123 Å². The highest BCUT2D eigenvalue weighted by molar-refractivity contribution is 9.10. The predicted molar refractivity (Wildman–Crippen MR) is 155 cm³/mol. The van der Waals surface area contributed by atoms with Crippen molar-refractivity contribution in [3.63, 3.8) is 0 Å². The summed E-state index contributed by atoms with van der Waals surface area (Å²) in [5.41, 5.74) is 2.59. The molecule has 9 nitrogen and oxygen atoms in total. The lowest BCUT2D eigenvalue weighted by Gasteiger charge is -2.30. The predicted octanol–water partition coefficient (Wildman–Crippen LogP) is 5.79. The van der Waals surface area contributed by atoms with Crippen LogP contribution in [0.25, 0.3) is 0 Å². The van der Waals surface area contributed by atoms with Crippen molar-refractivity contribution in [2.24, 2.45) is 5.92 Å². The summed E-state index contributed by atoms with van der Waals surface area (Å²) in [6.07, 6.45) is 0. The molecule has 2 aliphatic heterocycles. The molecule has 1 aromatic heterocycles. The molecule has 202 valence electrons. The first kappa shape index (κ1) is 26.5. The molecule has 0 unspecified atom stereocenters. The molecule has 0 radical (unpaired) electrons. The highest BCUT2D eigenvalue weighted by atomic mass is 79.9. The van der Waals surface area contributed by atoms with E-state index in [1.54, 1.807) is 24.3 Å². The van der Waals surface area contributed by atoms with Crippen molar-refractivity contribution >= 4 is 62.2 Å². The zero-order valence-corrected chi connectivity index (χ0v) is 24.0. The number of aromatic nitrogens is 1. The van der Waals surface area contributed by atoms with E-state index in [1.165, 1.54) is 23.1 Å². The summed E-state index contributed by atoms with van der Waals surface area (Å²) in [6.45, 7) is 2.16.